The van der Waals surface area contributed by atoms with Gasteiger partial charge in [0.25, 0.3) is 21.6 Å². The number of aryl methyl sites for hydroxylation is 2. The zero-order chi connectivity index (χ0) is 24.9. The number of anilines is 1. The Bertz CT molecular complexity index is 1360. The van der Waals surface area contributed by atoms with Gasteiger partial charge in [0.1, 0.15) is 6.54 Å². The summed E-state index contributed by atoms with van der Waals surface area (Å²) < 4.78 is 27.7. The van der Waals surface area contributed by atoms with Gasteiger partial charge in [-0.2, -0.15) is 5.10 Å². The Kier molecular flexibility index (Phi) is 7.64. The lowest BCUT2D eigenvalue weighted by atomic mass is 10.1. The van der Waals surface area contributed by atoms with Crippen molar-refractivity contribution >= 4 is 45.1 Å². The minimum atomic E-state index is -4.05. The third-order valence-corrected chi connectivity index (χ3v) is 7.11. The van der Waals surface area contributed by atoms with Crippen LogP contribution in [0.3, 0.4) is 0 Å². The van der Waals surface area contributed by atoms with Crippen LogP contribution < -0.4 is 9.73 Å². The number of hydrogen-bond acceptors (Lipinski definition) is 6. The number of nitro groups is 1. The van der Waals surface area contributed by atoms with Gasteiger partial charge in [-0.1, -0.05) is 35.9 Å². The predicted molar refractivity (Wildman–Crippen MR) is 131 cm³/mol. The maximum atomic E-state index is 13.3. The highest BCUT2D eigenvalue weighted by atomic mass is 35.5. The highest BCUT2D eigenvalue weighted by Crippen LogP contribution is 2.25. The number of halogens is 1. The minimum Gasteiger partial charge on any atom is -0.271 e. The van der Waals surface area contributed by atoms with E-state index in [-0.39, 0.29) is 21.2 Å². The third kappa shape index (κ3) is 5.77. The highest BCUT2D eigenvalue weighted by Gasteiger charge is 2.27. The van der Waals surface area contributed by atoms with Crippen molar-refractivity contribution in [2.24, 2.45) is 5.10 Å². The van der Waals surface area contributed by atoms with Crippen molar-refractivity contribution in [3.8, 4) is 0 Å². The Balaban J connectivity index is 1.86. The molecule has 0 fully saturated rings. The fourth-order valence-corrected chi connectivity index (χ4v) is 4.60. The van der Waals surface area contributed by atoms with Crippen molar-refractivity contribution in [3.63, 3.8) is 0 Å². The zero-order valence-electron chi connectivity index (χ0n) is 18.3. The van der Waals surface area contributed by atoms with E-state index >= 15 is 0 Å². The predicted octanol–water partition coefficient (Wildman–Crippen LogP) is 4.21. The molecule has 0 bridgehead atoms. The molecule has 3 rings (SSSR count). The Hall–Kier alpha value is -3.76. The average Bonchev–Trinajstić information content (AvgIpc) is 2.81. The molecule has 0 aromatic heterocycles. The van der Waals surface area contributed by atoms with E-state index in [0.29, 0.717) is 5.69 Å². The molecule has 0 atom stereocenters. The second-order valence-electron chi connectivity index (χ2n) is 7.35. The van der Waals surface area contributed by atoms with Crippen molar-refractivity contribution in [1.29, 1.82) is 0 Å². The number of benzene rings is 3. The van der Waals surface area contributed by atoms with Gasteiger partial charge in [-0.3, -0.25) is 19.2 Å². The SMILES string of the molecule is Cc1ccc(N(CC(=O)N/N=C\c2cc([N+](=O)[O-])ccc2Cl)S(=O)(=O)c2ccccc2)cc1C. The van der Waals surface area contributed by atoms with Gasteiger partial charge in [-0.15, -0.1) is 0 Å². The molecule has 0 aliphatic heterocycles. The largest absolute Gasteiger partial charge is 0.271 e. The van der Waals surface area contributed by atoms with E-state index in [1.807, 2.05) is 13.8 Å². The van der Waals surface area contributed by atoms with Crippen molar-refractivity contribution in [1.82, 2.24) is 5.43 Å². The van der Waals surface area contributed by atoms with E-state index < -0.39 is 27.4 Å². The number of amides is 1. The van der Waals surface area contributed by atoms with E-state index in [2.05, 4.69) is 10.5 Å². The number of hydrazone groups is 1. The normalized spacial score (nSPS) is 11.4. The molecule has 0 unspecified atom stereocenters. The molecule has 0 spiro atoms. The summed E-state index contributed by atoms with van der Waals surface area (Å²) in [5.41, 5.74) is 4.45. The van der Waals surface area contributed by atoms with Gasteiger partial charge < -0.3 is 0 Å². The van der Waals surface area contributed by atoms with Crippen LogP contribution in [0.5, 0.6) is 0 Å². The maximum Gasteiger partial charge on any atom is 0.270 e. The van der Waals surface area contributed by atoms with Crippen LogP contribution in [0.2, 0.25) is 5.02 Å². The molecule has 1 amide bonds. The van der Waals surface area contributed by atoms with Crippen LogP contribution in [0.1, 0.15) is 16.7 Å². The number of rotatable bonds is 8. The Labute approximate surface area is 201 Å². The second-order valence-corrected chi connectivity index (χ2v) is 9.62. The molecule has 3 aromatic rings. The van der Waals surface area contributed by atoms with Crippen molar-refractivity contribution in [2.75, 3.05) is 10.8 Å². The van der Waals surface area contributed by atoms with Gasteiger partial charge in [0.15, 0.2) is 0 Å². The smallest absolute Gasteiger partial charge is 0.270 e. The van der Waals surface area contributed by atoms with Gasteiger partial charge in [-0.05, 0) is 55.3 Å². The number of nitrogens with zero attached hydrogens (tertiary/aromatic N) is 3. The molecule has 0 saturated heterocycles. The molecule has 11 heteroatoms. The Morgan fingerprint density at radius 2 is 1.79 bits per heavy atom. The monoisotopic (exact) mass is 500 g/mol. The lowest BCUT2D eigenvalue weighted by molar-refractivity contribution is -0.384. The molecule has 0 saturated carbocycles. The lowest BCUT2D eigenvalue weighted by Gasteiger charge is -2.24. The van der Waals surface area contributed by atoms with Gasteiger partial charge >= 0.3 is 0 Å². The maximum absolute atomic E-state index is 13.3. The molecule has 3 aromatic carbocycles. The average molecular weight is 501 g/mol. The first-order chi connectivity index (χ1) is 16.1. The van der Waals surface area contributed by atoms with Crippen molar-refractivity contribution in [2.45, 2.75) is 18.7 Å². The molecule has 0 heterocycles. The van der Waals surface area contributed by atoms with Crippen LogP contribution in [-0.4, -0.2) is 32.0 Å². The third-order valence-electron chi connectivity index (χ3n) is 4.98. The summed E-state index contributed by atoms with van der Waals surface area (Å²) in [6.45, 7) is 3.20. The zero-order valence-corrected chi connectivity index (χ0v) is 19.9. The molecule has 0 aliphatic carbocycles. The standard InChI is InChI=1S/C23H21ClN4O5S/c1-16-8-9-19(12-17(16)2)27(34(32,33)21-6-4-3-5-7-21)15-23(29)26-25-14-18-13-20(28(30)31)10-11-22(18)24/h3-14H,15H2,1-2H3,(H,26,29)/b25-14-. The van der Waals surface area contributed by atoms with Crippen LogP contribution in [0.25, 0.3) is 0 Å². The number of nitrogens with one attached hydrogen (secondary N) is 1. The van der Waals surface area contributed by atoms with Gasteiger partial charge in [0.2, 0.25) is 0 Å². The number of hydrogen-bond donors (Lipinski definition) is 1. The first kappa shape index (κ1) is 24.9. The highest BCUT2D eigenvalue weighted by molar-refractivity contribution is 7.92. The number of carbonyl (C=O) groups is 1. The van der Waals surface area contributed by atoms with Gasteiger partial charge in [0.05, 0.1) is 21.7 Å². The number of carbonyl (C=O) groups excluding carboxylic acids is 1. The fraction of sp³-hybridized carbons (Fsp3) is 0.130. The molecule has 1 N–H and O–H groups in total. The molecule has 34 heavy (non-hydrogen) atoms. The van der Waals surface area contributed by atoms with Crippen LogP contribution in [0.15, 0.2) is 76.7 Å². The number of nitro benzene ring substituents is 1. The van der Waals surface area contributed by atoms with E-state index in [1.54, 1.807) is 36.4 Å². The fourth-order valence-electron chi connectivity index (χ4n) is 3.00. The van der Waals surface area contributed by atoms with Crippen LogP contribution in [0, 0.1) is 24.0 Å². The van der Waals surface area contributed by atoms with E-state index in [0.717, 1.165) is 21.6 Å². The molecule has 0 aliphatic rings. The quantitative estimate of drug-likeness (QED) is 0.282. The summed E-state index contributed by atoms with van der Waals surface area (Å²) in [7, 11) is -4.05. The topological polar surface area (TPSA) is 122 Å². The first-order valence-electron chi connectivity index (χ1n) is 10.0. The molecule has 176 valence electrons. The molecular weight excluding hydrogens is 480 g/mol. The minimum absolute atomic E-state index is 0.0351. The Morgan fingerprint density at radius 3 is 2.44 bits per heavy atom. The second kappa shape index (κ2) is 10.4. The van der Waals surface area contributed by atoms with Crippen molar-refractivity contribution < 1.29 is 18.1 Å². The van der Waals surface area contributed by atoms with E-state index in [1.165, 1.54) is 30.3 Å². The summed E-state index contributed by atoms with van der Waals surface area (Å²) >= 11 is 6.02. The summed E-state index contributed by atoms with van der Waals surface area (Å²) in [4.78, 5) is 23.0. The van der Waals surface area contributed by atoms with Gasteiger partial charge in [0, 0.05) is 22.7 Å². The van der Waals surface area contributed by atoms with Crippen LogP contribution in [0.4, 0.5) is 11.4 Å². The number of sulfonamides is 1. The van der Waals surface area contributed by atoms with E-state index in [4.69, 9.17) is 11.6 Å². The number of non-ortho nitro benzene ring substituents is 1. The summed E-state index contributed by atoms with van der Waals surface area (Å²) in [5, 5.41) is 14.9. The molecular formula is C23H21ClN4O5S. The van der Waals surface area contributed by atoms with Gasteiger partial charge in [-0.25, -0.2) is 13.8 Å². The van der Waals surface area contributed by atoms with Crippen LogP contribution in [-0.2, 0) is 14.8 Å². The van der Waals surface area contributed by atoms with E-state index in [9.17, 15) is 23.3 Å². The van der Waals surface area contributed by atoms with Crippen molar-refractivity contribution in [3.05, 3.63) is 98.6 Å². The lowest BCUT2D eigenvalue weighted by Crippen LogP contribution is -2.39. The summed E-state index contributed by atoms with van der Waals surface area (Å²) in [6, 6.07) is 16.7. The summed E-state index contributed by atoms with van der Waals surface area (Å²) in [6.07, 6.45) is 1.15. The molecule has 0 radical (unpaired) electrons. The Morgan fingerprint density at radius 1 is 1.09 bits per heavy atom. The molecule has 9 nitrogen and oxygen atoms in total. The summed E-state index contributed by atoms with van der Waals surface area (Å²) in [5.74, 6) is -0.712. The first-order valence-corrected chi connectivity index (χ1v) is 11.8. The van der Waals surface area contributed by atoms with Crippen LogP contribution >= 0.6 is 11.6 Å².